The molecule has 0 amide bonds. The van der Waals surface area contributed by atoms with E-state index < -0.39 is 0 Å². The summed E-state index contributed by atoms with van der Waals surface area (Å²) < 4.78 is 13.2. The number of guanidine groups is 1. The smallest absolute Gasteiger partial charge is 0.191 e. The predicted octanol–water partition coefficient (Wildman–Crippen LogP) is 1.37. The first-order chi connectivity index (χ1) is 12.7. The van der Waals surface area contributed by atoms with Crippen LogP contribution in [0.25, 0.3) is 0 Å². The third kappa shape index (κ3) is 6.92. The Kier molecular flexibility index (Phi) is 9.41. The van der Waals surface area contributed by atoms with Crippen molar-refractivity contribution >= 4 is 5.96 Å². The number of aliphatic imine (C=N–C) groups is 1. The molecule has 2 heterocycles. The first-order valence-corrected chi connectivity index (χ1v) is 9.85. The van der Waals surface area contributed by atoms with Crippen LogP contribution in [0.5, 0.6) is 0 Å². The molecule has 0 aliphatic carbocycles. The number of nitrogens with zero attached hydrogens (tertiary/aromatic N) is 4. The van der Waals surface area contributed by atoms with Gasteiger partial charge in [-0.1, -0.05) is 6.92 Å². The van der Waals surface area contributed by atoms with Gasteiger partial charge in [-0.25, -0.2) is 0 Å². The number of aromatic nitrogens is 3. The van der Waals surface area contributed by atoms with E-state index in [9.17, 15) is 0 Å². The Morgan fingerprint density at radius 3 is 3.12 bits per heavy atom. The molecule has 148 valence electrons. The zero-order chi connectivity index (χ0) is 18.6. The topological polar surface area (TPSA) is 85.6 Å². The molecular formula is C18H34N6O2. The number of ether oxygens (including phenoxy) is 2. The molecule has 26 heavy (non-hydrogen) atoms. The molecule has 2 rings (SSSR count). The lowest BCUT2D eigenvalue weighted by Gasteiger charge is -2.23. The molecule has 1 saturated heterocycles. The van der Waals surface area contributed by atoms with Crippen LogP contribution in [0.3, 0.4) is 0 Å². The third-order valence-electron chi connectivity index (χ3n) is 4.46. The maximum absolute atomic E-state index is 5.78. The lowest BCUT2D eigenvalue weighted by molar-refractivity contribution is 0.0890. The van der Waals surface area contributed by atoms with Crippen LogP contribution in [0.2, 0.25) is 0 Å². The van der Waals surface area contributed by atoms with Gasteiger partial charge in [0.15, 0.2) is 5.96 Å². The molecule has 8 nitrogen and oxygen atoms in total. The van der Waals surface area contributed by atoms with E-state index in [-0.39, 0.29) is 12.1 Å². The molecule has 0 saturated carbocycles. The van der Waals surface area contributed by atoms with Crippen LogP contribution in [0.4, 0.5) is 0 Å². The molecule has 2 atom stereocenters. The van der Waals surface area contributed by atoms with Gasteiger partial charge in [0.05, 0.1) is 12.1 Å². The molecular weight excluding hydrogens is 332 g/mol. The Bertz CT molecular complexity index is 528. The van der Waals surface area contributed by atoms with Crippen LogP contribution in [-0.4, -0.2) is 65.8 Å². The van der Waals surface area contributed by atoms with E-state index in [0.717, 1.165) is 76.9 Å². The summed E-state index contributed by atoms with van der Waals surface area (Å²) in [4.78, 5) is 4.69. The lowest BCUT2D eigenvalue weighted by Crippen LogP contribution is -2.47. The molecule has 2 N–H and O–H groups in total. The molecule has 1 fully saturated rings. The first kappa shape index (κ1) is 20.6. The van der Waals surface area contributed by atoms with Crippen molar-refractivity contribution in [2.75, 3.05) is 32.9 Å². The second-order valence-corrected chi connectivity index (χ2v) is 6.49. The van der Waals surface area contributed by atoms with Crippen LogP contribution >= 0.6 is 0 Å². The van der Waals surface area contributed by atoms with Gasteiger partial charge in [-0.3, -0.25) is 4.99 Å². The van der Waals surface area contributed by atoms with Gasteiger partial charge in [0, 0.05) is 45.9 Å². The molecule has 1 aromatic rings. The van der Waals surface area contributed by atoms with Crippen molar-refractivity contribution in [3.63, 3.8) is 0 Å². The van der Waals surface area contributed by atoms with E-state index in [1.807, 2.05) is 6.92 Å². The van der Waals surface area contributed by atoms with Gasteiger partial charge in [-0.05, 0) is 33.1 Å². The maximum Gasteiger partial charge on any atom is 0.191 e. The summed E-state index contributed by atoms with van der Waals surface area (Å²) in [5, 5.41) is 15.0. The van der Waals surface area contributed by atoms with E-state index in [1.165, 1.54) is 0 Å². The third-order valence-corrected chi connectivity index (χ3v) is 4.46. The Morgan fingerprint density at radius 1 is 1.50 bits per heavy atom. The Morgan fingerprint density at radius 2 is 2.38 bits per heavy atom. The van der Waals surface area contributed by atoms with Gasteiger partial charge in [0.1, 0.15) is 12.2 Å². The van der Waals surface area contributed by atoms with Crippen LogP contribution < -0.4 is 10.6 Å². The molecule has 2 unspecified atom stereocenters. The van der Waals surface area contributed by atoms with E-state index in [2.05, 4.69) is 44.2 Å². The summed E-state index contributed by atoms with van der Waals surface area (Å²) in [5.41, 5.74) is 0. The number of hydrogen-bond donors (Lipinski definition) is 2. The fourth-order valence-corrected chi connectivity index (χ4v) is 2.99. The molecule has 0 spiro atoms. The Hall–Kier alpha value is -1.67. The average Bonchev–Trinajstić information content (AvgIpc) is 3.32. The number of aryl methyl sites for hydroxylation is 1. The maximum atomic E-state index is 5.78. The summed E-state index contributed by atoms with van der Waals surface area (Å²) in [6, 6.07) is 0.233. The number of hydrogen-bond acceptors (Lipinski definition) is 5. The molecule has 0 aromatic carbocycles. The van der Waals surface area contributed by atoms with Crippen LogP contribution in [0, 0.1) is 0 Å². The highest BCUT2D eigenvalue weighted by Crippen LogP contribution is 2.15. The standard InChI is InChI=1S/C18H34N6O2/c1-4-17-23-21-14-24(17)11-10-20-18(19-9-7-12-25-5-2)22-15(3)16-8-6-13-26-16/h14-16H,4-13H2,1-3H3,(H2,19,20,22). The highest BCUT2D eigenvalue weighted by Gasteiger charge is 2.23. The van der Waals surface area contributed by atoms with E-state index >= 15 is 0 Å². The lowest BCUT2D eigenvalue weighted by atomic mass is 10.1. The monoisotopic (exact) mass is 366 g/mol. The Balaban J connectivity index is 1.83. The first-order valence-electron chi connectivity index (χ1n) is 9.85. The zero-order valence-corrected chi connectivity index (χ0v) is 16.4. The second-order valence-electron chi connectivity index (χ2n) is 6.49. The van der Waals surface area contributed by atoms with Gasteiger partial charge >= 0.3 is 0 Å². The van der Waals surface area contributed by atoms with Gasteiger partial charge in [0.2, 0.25) is 0 Å². The Labute approximate surface area is 156 Å². The van der Waals surface area contributed by atoms with Crippen molar-refractivity contribution in [1.29, 1.82) is 0 Å². The van der Waals surface area contributed by atoms with Crippen LogP contribution in [0.1, 0.15) is 45.9 Å². The normalized spacial score (nSPS) is 18.9. The molecule has 0 bridgehead atoms. The number of rotatable bonds is 11. The summed E-state index contributed by atoms with van der Waals surface area (Å²) >= 11 is 0. The summed E-state index contributed by atoms with van der Waals surface area (Å²) in [6.07, 6.45) is 6.08. The van der Waals surface area contributed by atoms with Crippen molar-refractivity contribution in [3.05, 3.63) is 12.2 Å². The van der Waals surface area contributed by atoms with E-state index in [0.29, 0.717) is 0 Å². The van der Waals surface area contributed by atoms with Gasteiger partial charge in [-0.15, -0.1) is 10.2 Å². The molecule has 0 radical (unpaired) electrons. The fourth-order valence-electron chi connectivity index (χ4n) is 2.99. The zero-order valence-electron chi connectivity index (χ0n) is 16.4. The predicted molar refractivity (Wildman–Crippen MR) is 102 cm³/mol. The molecule has 8 heteroatoms. The largest absolute Gasteiger partial charge is 0.382 e. The minimum atomic E-state index is 0.233. The van der Waals surface area contributed by atoms with Gasteiger partial charge in [0.25, 0.3) is 0 Å². The second kappa shape index (κ2) is 11.9. The highest BCUT2D eigenvalue weighted by atomic mass is 16.5. The highest BCUT2D eigenvalue weighted by molar-refractivity contribution is 5.80. The molecule has 1 aromatic heterocycles. The van der Waals surface area contributed by atoms with Crippen molar-refractivity contribution in [3.8, 4) is 0 Å². The average molecular weight is 367 g/mol. The minimum absolute atomic E-state index is 0.233. The number of nitrogens with one attached hydrogen (secondary N) is 2. The molecule has 1 aliphatic rings. The quantitative estimate of drug-likeness (QED) is 0.349. The SMILES string of the molecule is CCOCCCN=C(NCCn1cnnc1CC)NC(C)C1CCCO1. The minimum Gasteiger partial charge on any atom is -0.382 e. The van der Waals surface area contributed by atoms with Gasteiger partial charge < -0.3 is 24.7 Å². The van der Waals surface area contributed by atoms with Gasteiger partial charge in [-0.2, -0.15) is 0 Å². The summed E-state index contributed by atoms with van der Waals surface area (Å²) in [7, 11) is 0. The van der Waals surface area contributed by atoms with E-state index in [1.54, 1.807) is 6.33 Å². The summed E-state index contributed by atoms with van der Waals surface area (Å²) in [5.74, 6) is 1.83. The van der Waals surface area contributed by atoms with Crippen molar-refractivity contribution in [2.45, 2.75) is 65.1 Å². The van der Waals surface area contributed by atoms with Crippen molar-refractivity contribution in [1.82, 2.24) is 25.4 Å². The van der Waals surface area contributed by atoms with Crippen LogP contribution in [-0.2, 0) is 22.4 Å². The van der Waals surface area contributed by atoms with Crippen molar-refractivity contribution < 1.29 is 9.47 Å². The van der Waals surface area contributed by atoms with Crippen molar-refractivity contribution in [2.24, 2.45) is 4.99 Å². The van der Waals surface area contributed by atoms with Crippen LogP contribution in [0.15, 0.2) is 11.3 Å². The van der Waals surface area contributed by atoms with E-state index in [4.69, 9.17) is 9.47 Å². The summed E-state index contributed by atoms with van der Waals surface area (Å²) in [6.45, 7) is 10.9. The molecule has 1 aliphatic heterocycles. The fraction of sp³-hybridized carbons (Fsp3) is 0.833.